The van der Waals surface area contributed by atoms with Gasteiger partial charge in [0.15, 0.2) is 0 Å². The van der Waals surface area contributed by atoms with Gasteiger partial charge in [0.1, 0.15) is 5.69 Å². The second-order valence-corrected chi connectivity index (χ2v) is 6.29. The summed E-state index contributed by atoms with van der Waals surface area (Å²) in [4.78, 5) is 38.7. The van der Waals surface area contributed by atoms with Crippen molar-refractivity contribution >= 4 is 23.6 Å². The van der Waals surface area contributed by atoms with Gasteiger partial charge in [-0.2, -0.15) is 0 Å². The Balaban J connectivity index is 1.78. The lowest BCUT2D eigenvalue weighted by atomic mass is 10.2. The Morgan fingerprint density at radius 2 is 1.81 bits per heavy atom. The number of pyridine rings is 1. The number of aryl methyl sites for hydroxylation is 1. The number of hydrogen-bond acceptors (Lipinski definition) is 3. The number of likely N-dealkylation sites (tertiary alicyclic amines) is 1. The Kier molecular flexibility index (Phi) is 5.31. The number of carbonyl (C=O) groups is 2. The highest BCUT2D eigenvalue weighted by Crippen LogP contribution is 2.14. The molecule has 134 valence electrons. The van der Waals surface area contributed by atoms with Crippen LogP contribution in [-0.4, -0.2) is 34.4 Å². The Hall–Kier alpha value is -3.15. The van der Waals surface area contributed by atoms with E-state index in [9.17, 15) is 14.4 Å². The Morgan fingerprint density at radius 1 is 1.12 bits per heavy atom. The first-order valence-corrected chi connectivity index (χ1v) is 8.58. The van der Waals surface area contributed by atoms with Crippen LogP contribution in [0, 0.1) is 0 Å². The highest BCUT2D eigenvalue weighted by atomic mass is 16.2. The van der Waals surface area contributed by atoms with Gasteiger partial charge in [-0.05, 0) is 30.5 Å². The molecule has 0 saturated carbocycles. The van der Waals surface area contributed by atoms with E-state index in [1.807, 2.05) is 30.3 Å². The second-order valence-electron chi connectivity index (χ2n) is 6.29. The predicted molar refractivity (Wildman–Crippen MR) is 101 cm³/mol. The molecule has 1 fully saturated rings. The fourth-order valence-corrected chi connectivity index (χ4v) is 2.93. The molecule has 1 aromatic heterocycles. The van der Waals surface area contributed by atoms with Gasteiger partial charge in [-0.15, -0.1) is 0 Å². The van der Waals surface area contributed by atoms with Crippen molar-refractivity contribution in [3.63, 3.8) is 0 Å². The molecule has 1 saturated heterocycles. The zero-order chi connectivity index (χ0) is 18.5. The van der Waals surface area contributed by atoms with Crippen molar-refractivity contribution < 1.29 is 9.59 Å². The lowest BCUT2D eigenvalue weighted by Gasteiger charge is -2.16. The van der Waals surface area contributed by atoms with Crippen LogP contribution in [0.3, 0.4) is 0 Å². The SMILES string of the molecule is Cn1cc(C(=O)N2CCCC2)cc(NC(=O)/C=C\c2ccccc2)c1=O. The summed E-state index contributed by atoms with van der Waals surface area (Å²) in [5.74, 6) is -0.537. The van der Waals surface area contributed by atoms with Crippen LogP contribution in [0.5, 0.6) is 0 Å². The van der Waals surface area contributed by atoms with Gasteiger partial charge >= 0.3 is 0 Å². The van der Waals surface area contributed by atoms with E-state index < -0.39 is 5.91 Å². The van der Waals surface area contributed by atoms with Crippen LogP contribution < -0.4 is 10.9 Å². The van der Waals surface area contributed by atoms with Crippen LogP contribution in [0.2, 0.25) is 0 Å². The van der Waals surface area contributed by atoms with E-state index >= 15 is 0 Å². The zero-order valence-electron chi connectivity index (χ0n) is 14.6. The summed E-state index contributed by atoms with van der Waals surface area (Å²) in [6.07, 6.45) is 6.53. The monoisotopic (exact) mass is 351 g/mol. The molecule has 1 aliphatic rings. The molecule has 0 radical (unpaired) electrons. The van der Waals surface area contributed by atoms with E-state index in [0.29, 0.717) is 5.56 Å². The Labute approximate surface area is 151 Å². The topological polar surface area (TPSA) is 71.4 Å². The van der Waals surface area contributed by atoms with Gasteiger partial charge in [0, 0.05) is 32.4 Å². The third-order valence-electron chi connectivity index (χ3n) is 4.31. The highest BCUT2D eigenvalue weighted by molar-refractivity contribution is 6.03. The maximum absolute atomic E-state index is 12.5. The third kappa shape index (κ3) is 4.08. The van der Waals surface area contributed by atoms with Crippen LogP contribution in [0.25, 0.3) is 6.08 Å². The molecule has 0 atom stereocenters. The molecule has 0 unspecified atom stereocenters. The molecule has 2 aromatic rings. The molecular weight excluding hydrogens is 330 g/mol. The molecule has 1 N–H and O–H groups in total. The first-order chi connectivity index (χ1) is 12.5. The maximum Gasteiger partial charge on any atom is 0.274 e. The van der Waals surface area contributed by atoms with Gasteiger partial charge in [-0.3, -0.25) is 14.4 Å². The van der Waals surface area contributed by atoms with Gasteiger partial charge < -0.3 is 14.8 Å². The minimum Gasteiger partial charge on any atom is -0.339 e. The number of nitrogens with one attached hydrogen (secondary N) is 1. The van der Waals surface area contributed by atoms with Gasteiger partial charge in [-0.25, -0.2) is 0 Å². The highest BCUT2D eigenvalue weighted by Gasteiger charge is 2.21. The predicted octanol–water partition coefficient (Wildman–Crippen LogP) is 2.27. The van der Waals surface area contributed by atoms with E-state index in [-0.39, 0.29) is 17.2 Å². The molecule has 0 aliphatic carbocycles. The summed E-state index contributed by atoms with van der Waals surface area (Å²) in [5.41, 5.74) is 1.02. The Morgan fingerprint density at radius 3 is 2.50 bits per heavy atom. The molecule has 1 aliphatic heterocycles. The standard InChI is InChI=1S/C20H21N3O3/c1-22-14-16(19(25)23-11-5-6-12-23)13-17(20(22)26)21-18(24)10-9-15-7-3-2-4-8-15/h2-4,7-10,13-14H,5-6,11-12H2,1H3,(H,21,24)/b10-9-. The number of amides is 2. The van der Waals surface area contributed by atoms with Crippen molar-refractivity contribution in [3.8, 4) is 0 Å². The van der Waals surface area contributed by atoms with E-state index in [4.69, 9.17) is 0 Å². The average Bonchev–Trinajstić information content (AvgIpc) is 3.18. The average molecular weight is 351 g/mol. The normalized spacial score (nSPS) is 14.0. The summed E-state index contributed by atoms with van der Waals surface area (Å²) in [5, 5.41) is 2.58. The molecule has 2 amide bonds. The summed E-state index contributed by atoms with van der Waals surface area (Å²) < 4.78 is 1.32. The van der Waals surface area contributed by atoms with Crippen LogP contribution >= 0.6 is 0 Å². The summed E-state index contributed by atoms with van der Waals surface area (Å²) in [6.45, 7) is 1.45. The van der Waals surface area contributed by atoms with Gasteiger partial charge in [0.2, 0.25) is 5.91 Å². The molecule has 0 spiro atoms. The first-order valence-electron chi connectivity index (χ1n) is 8.58. The summed E-state index contributed by atoms with van der Waals surface area (Å²) in [6, 6.07) is 10.8. The van der Waals surface area contributed by atoms with E-state index in [1.54, 1.807) is 18.0 Å². The number of nitrogens with zero attached hydrogens (tertiary/aromatic N) is 2. The van der Waals surface area contributed by atoms with Crippen molar-refractivity contribution in [2.75, 3.05) is 18.4 Å². The molecule has 6 heteroatoms. The largest absolute Gasteiger partial charge is 0.339 e. The van der Waals surface area contributed by atoms with E-state index in [1.165, 1.54) is 22.9 Å². The number of aromatic nitrogens is 1. The molecule has 26 heavy (non-hydrogen) atoms. The van der Waals surface area contributed by atoms with Crippen molar-refractivity contribution in [2.24, 2.45) is 7.05 Å². The van der Waals surface area contributed by atoms with Crippen molar-refractivity contribution in [1.82, 2.24) is 9.47 Å². The second kappa shape index (κ2) is 7.82. The maximum atomic E-state index is 12.5. The van der Waals surface area contributed by atoms with E-state index in [0.717, 1.165) is 31.5 Å². The molecule has 3 rings (SSSR count). The molecule has 6 nitrogen and oxygen atoms in total. The number of hydrogen-bond donors (Lipinski definition) is 1. The van der Waals surface area contributed by atoms with Crippen molar-refractivity contribution in [3.05, 3.63) is 70.2 Å². The summed E-state index contributed by atoms with van der Waals surface area (Å²) in [7, 11) is 1.57. The minimum absolute atomic E-state index is 0.0975. The molecular formula is C20H21N3O3. The minimum atomic E-state index is -0.420. The number of carbonyl (C=O) groups excluding carboxylic acids is 2. The third-order valence-corrected chi connectivity index (χ3v) is 4.31. The van der Waals surface area contributed by atoms with Crippen LogP contribution in [0.15, 0.2) is 53.5 Å². The van der Waals surface area contributed by atoms with Crippen LogP contribution in [-0.2, 0) is 11.8 Å². The number of anilines is 1. The van der Waals surface area contributed by atoms with Crippen molar-refractivity contribution in [2.45, 2.75) is 12.8 Å². The number of benzene rings is 1. The zero-order valence-corrected chi connectivity index (χ0v) is 14.6. The molecule has 1 aromatic carbocycles. The summed E-state index contributed by atoms with van der Waals surface area (Å²) >= 11 is 0. The molecule has 2 heterocycles. The fraction of sp³-hybridized carbons (Fsp3) is 0.250. The van der Waals surface area contributed by atoms with Gasteiger partial charge in [0.05, 0.1) is 5.56 Å². The smallest absolute Gasteiger partial charge is 0.274 e. The lowest BCUT2D eigenvalue weighted by Crippen LogP contribution is -2.30. The van der Waals surface area contributed by atoms with Gasteiger partial charge in [-0.1, -0.05) is 30.3 Å². The first kappa shape index (κ1) is 17.7. The van der Waals surface area contributed by atoms with Crippen LogP contribution in [0.1, 0.15) is 28.8 Å². The van der Waals surface area contributed by atoms with E-state index in [2.05, 4.69) is 5.32 Å². The molecule has 0 bridgehead atoms. The van der Waals surface area contributed by atoms with Crippen molar-refractivity contribution in [1.29, 1.82) is 0 Å². The Bertz CT molecular complexity index is 894. The number of rotatable bonds is 4. The lowest BCUT2D eigenvalue weighted by molar-refractivity contribution is -0.111. The van der Waals surface area contributed by atoms with Gasteiger partial charge in [0.25, 0.3) is 11.5 Å². The quantitative estimate of drug-likeness (QED) is 0.859. The van der Waals surface area contributed by atoms with Crippen LogP contribution in [0.4, 0.5) is 5.69 Å². The fourth-order valence-electron chi connectivity index (χ4n) is 2.93.